The molecule has 21 heavy (non-hydrogen) atoms. The van der Waals surface area contributed by atoms with Crippen LogP contribution in [0.4, 0.5) is 0 Å². The molecule has 124 valence electrons. The fourth-order valence-electron chi connectivity index (χ4n) is 3.46. The minimum Gasteiger partial charge on any atom is -0.381 e. The number of hydrogen-bond donors (Lipinski definition) is 1. The van der Waals surface area contributed by atoms with Gasteiger partial charge in [0.05, 0.1) is 5.75 Å². The van der Waals surface area contributed by atoms with E-state index in [2.05, 4.69) is 16.5 Å². The molecule has 0 aromatic rings. The summed E-state index contributed by atoms with van der Waals surface area (Å²) in [6, 6.07) is -0.0138. The van der Waals surface area contributed by atoms with Crippen LogP contribution >= 0.6 is 0 Å². The van der Waals surface area contributed by atoms with Gasteiger partial charge in [0.2, 0.25) is 10.0 Å². The summed E-state index contributed by atoms with van der Waals surface area (Å²) in [7, 11) is -3.18. The van der Waals surface area contributed by atoms with E-state index < -0.39 is 10.0 Å². The molecule has 1 N–H and O–H groups in total. The maximum Gasteiger partial charge on any atom is 0.212 e. The minimum atomic E-state index is -3.18. The molecule has 2 rings (SSSR count). The first kappa shape index (κ1) is 17.2. The fourth-order valence-corrected chi connectivity index (χ4v) is 5.19. The molecule has 0 amide bonds. The summed E-state index contributed by atoms with van der Waals surface area (Å²) in [5.41, 5.74) is 0. The van der Waals surface area contributed by atoms with Crippen molar-refractivity contribution in [1.29, 1.82) is 0 Å². The summed E-state index contributed by atoms with van der Waals surface area (Å²) in [4.78, 5) is 2.38. The van der Waals surface area contributed by atoms with Gasteiger partial charge in [-0.1, -0.05) is 6.92 Å². The molecule has 0 aromatic heterocycles. The fraction of sp³-hybridized carbons (Fsp3) is 1.00. The summed E-state index contributed by atoms with van der Waals surface area (Å²) in [6.45, 7) is 8.63. The van der Waals surface area contributed by atoms with Crippen molar-refractivity contribution < 1.29 is 13.2 Å². The number of sulfonamides is 1. The molecule has 5 nitrogen and oxygen atoms in total. The smallest absolute Gasteiger partial charge is 0.212 e. The van der Waals surface area contributed by atoms with E-state index in [0.29, 0.717) is 13.2 Å². The number of likely N-dealkylation sites (tertiary alicyclic amines) is 1. The first-order chi connectivity index (χ1) is 9.94. The van der Waals surface area contributed by atoms with Gasteiger partial charge in [0, 0.05) is 32.3 Å². The molecular formula is C15H30N2O3S. The lowest BCUT2D eigenvalue weighted by Gasteiger charge is -2.33. The molecule has 0 radical (unpaired) electrons. The van der Waals surface area contributed by atoms with Crippen LogP contribution in [0.1, 0.15) is 39.5 Å². The minimum absolute atomic E-state index is 0.0138. The number of rotatable bonds is 6. The zero-order valence-electron chi connectivity index (χ0n) is 13.4. The lowest BCUT2D eigenvalue weighted by atomic mass is 10.00. The van der Waals surface area contributed by atoms with Gasteiger partial charge in [0.1, 0.15) is 0 Å². The Labute approximate surface area is 129 Å². The highest BCUT2D eigenvalue weighted by atomic mass is 32.2. The Bertz CT molecular complexity index is 407. The lowest BCUT2D eigenvalue weighted by molar-refractivity contribution is 0.0722. The van der Waals surface area contributed by atoms with E-state index in [0.717, 1.165) is 38.4 Å². The molecule has 0 spiro atoms. The number of ether oxygens (including phenoxy) is 1. The van der Waals surface area contributed by atoms with E-state index in [9.17, 15) is 8.42 Å². The van der Waals surface area contributed by atoms with Gasteiger partial charge in [-0.3, -0.25) is 0 Å². The standard InChI is InChI=1S/C15H30N2O3S/c1-13-4-3-7-17(10-13)11-14(2)16-21(18,19)12-15-5-8-20-9-6-15/h13-16H,3-12H2,1-2H3/t13-,14+/m1/s1. The van der Waals surface area contributed by atoms with Gasteiger partial charge in [-0.2, -0.15) is 0 Å². The van der Waals surface area contributed by atoms with Crippen LogP contribution in [0.3, 0.4) is 0 Å². The average Bonchev–Trinajstić information content (AvgIpc) is 2.38. The summed E-state index contributed by atoms with van der Waals surface area (Å²) in [6.07, 6.45) is 4.24. The van der Waals surface area contributed by atoms with E-state index in [1.165, 1.54) is 12.8 Å². The summed E-state index contributed by atoms with van der Waals surface area (Å²) >= 11 is 0. The molecule has 2 aliphatic rings. The molecular weight excluding hydrogens is 288 g/mol. The number of hydrogen-bond acceptors (Lipinski definition) is 4. The maximum absolute atomic E-state index is 12.2. The first-order valence-corrected chi connectivity index (χ1v) is 9.90. The predicted molar refractivity (Wildman–Crippen MR) is 84.8 cm³/mol. The molecule has 0 aromatic carbocycles. The van der Waals surface area contributed by atoms with Crippen molar-refractivity contribution in [3.63, 3.8) is 0 Å². The van der Waals surface area contributed by atoms with Crippen LogP contribution in [0, 0.1) is 11.8 Å². The average molecular weight is 318 g/mol. The van der Waals surface area contributed by atoms with Gasteiger partial charge in [-0.05, 0) is 51.0 Å². The van der Waals surface area contributed by atoms with Crippen LogP contribution in [0.2, 0.25) is 0 Å². The molecule has 2 heterocycles. The van der Waals surface area contributed by atoms with E-state index >= 15 is 0 Å². The van der Waals surface area contributed by atoms with Crippen LogP contribution in [0.25, 0.3) is 0 Å². The van der Waals surface area contributed by atoms with Crippen molar-refractivity contribution in [2.75, 3.05) is 38.6 Å². The lowest BCUT2D eigenvalue weighted by Crippen LogP contribution is -2.46. The third kappa shape index (κ3) is 6.22. The topological polar surface area (TPSA) is 58.6 Å². The monoisotopic (exact) mass is 318 g/mol. The van der Waals surface area contributed by atoms with Crippen LogP contribution in [0.5, 0.6) is 0 Å². The van der Waals surface area contributed by atoms with E-state index in [-0.39, 0.29) is 17.7 Å². The molecule has 0 bridgehead atoms. The van der Waals surface area contributed by atoms with Gasteiger partial charge in [-0.15, -0.1) is 0 Å². The molecule has 6 heteroatoms. The molecule has 2 atom stereocenters. The van der Waals surface area contributed by atoms with E-state index in [4.69, 9.17) is 4.74 Å². The highest BCUT2D eigenvalue weighted by Gasteiger charge is 2.24. The normalized spacial score (nSPS) is 27.6. The molecule has 2 aliphatic heterocycles. The Morgan fingerprint density at radius 2 is 2.00 bits per heavy atom. The highest BCUT2D eigenvalue weighted by molar-refractivity contribution is 7.89. The van der Waals surface area contributed by atoms with Crippen molar-refractivity contribution >= 4 is 10.0 Å². The summed E-state index contributed by atoms with van der Waals surface area (Å²) in [5.74, 6) is 1.22. The van der Waals surface area contributed by atoms with Gasteiger partial charge >= 0.3 is 0 Å². The number of nitrogens with zero attached hydrogens (tertiary/aromatic N) is 1. The predicted octanol–water partition coefficient (Wildman–Crippen LogP) is 1.45. The molecule has 2 saturated heterocycles. The van der Waals surface area contributed by atoms with Gasteiger partial charge in [-0.25, -0.2) is 13.1 Å². The van der Waals surface area contributed by atoms with E-state index in [1.54, 1.807) is 0 Å². The largest absolute Gasteiger partial charge is 0.381 e. The van der Waals surface area contributed by atoms with Crippen molar-refractivity contribution in [1.82, 2.24) is 9.62 Å². The van der Waals surface area contributed by atoms with Crippen LogP contribution in [0.15, 0.2) is 0 Å². The summed E-state index contributed by atoms with van der Waals surface area (Å²) in [5, 5.41) is 0. The second kappa shape index (κ2) is 7.90. The number of nitrogens with one attached hydrogen (secondary N) is 1. The number of piperidine rings is 1. The molecule has 0 unspecified atom stereocenters. The quantitative estimate of drug-likeness (QED) is 0.805. The zero-order valence-corrected chi connectivity index (χ0v) is 14.2. The Morgan fingerprint density at radius 1 is 1.29 bits per heavy atom. The Morgan fingerprint density at radius 3 is 2.67 bits per heavy atom. The second-order valence-electron chi connectivity index (χ2n) is 6.86. The zero-order chi connectivity index (χ0) is 15.3. The SMILES string of the molecule is C[C@@H]1CCCN(C[C@H](C)NS(=O)(=O)CC2CCOCC2)C1. The Balaban J connectivity index is 1.75. The first-order valence-electron chi connectivity index (χ1n) is 8.25. The highest BCUT2D eigenvalue weighted by Crippen LogP contribution is 2.17. The van der Waals surface area contributed by atoms with Gasteiger partial charge in [0.15, 0.2) is 0 Å². The van der Waals surface area contributed by atoms with Crippen molar-refractivity contribution in [3.05, 3.63) is 0 Å². The van der Waals surface area contributed by atoms with Gasteiger partial charge < -0.3 is 9.64 Å². The summed E-state index contributed by atoms with van der Waals surface area (Å²) < 4.78 is 32.6. The van der Waals surface area contributed by atoms with Gasteiger partial charge in [0.25, 0.3) is 0 Å². The molecule has 2 fully saturated rings. The Hall–Kier alpha value is -0.170. The molecule has 0 saturated carbocycles. The van der Waals surface area contributed by atoms with Crippen molar-refractivity contribution in [3.8, 4) is 0 Å². The van der Waals surface area contributed by atoms with Crippen LogP contribution in [-0.4, -0.2) is 58.0 Å². The Kier molecular flexibility index (Phi) is 6.47. The van der Waals surface area contributed by atoms with Crippen molar-refractivity contribution in [2.24, 2.45) is 11.8 Å². The van der Waals surface area contributed by atoms with Crippen LogP contribution < -0.4 is 4.72 Å². The van der Waals surface area contributed by atoms with E-state index in [1.807, 2.05) is 6.92 Å². The third-order valence-corrected chi connectivity index (χ3v) is 6.12. The molecule has 0 aliphatic carbocycles. The van der Waals surface area contributed by atoms with Crippen LogP contribution in [-0.2, 0) is 14.8 Å². The second-order valence-corrected chi connectivity index (χ2v) is 8.66. The third-order valence-electron chi connectivity index (χ3n) is 4.45. The van der Waals surface area contributed by atoms with Crippen molar-refractivity contribution in [2.45, 2.75) is 45.6 Å². The maximum atomic E-state index is 12.2.